The number of furan rings is 1. The van der Waals surface area contributed by atoms with E-state index in [1.807, 2.05) is 13.0 Å². The van der Waals surface area contributed by atoms with Crippen molar-refractivity contribution in [3.63, 3.8) is 0 Å². The Morgan fingerprint density at radius 3 is 2.89 bits per heavy atom. The van der Waals surface area contributed by atoms with Crippen LogP contribution in [0.5, 0.6) is 5.75 Å². The minimum atomic E-state index is 0.0430. The molecule has 0 unspecified atom stereocenters. The van der Waals surface area contributed by atoms with Crippen LogP contribution in [0.25, 0.3) is 23.0 Å². The van der Waals surface area contributed by atoms with E-state index in [1.54, 1.807) is 6.26 Å². The van der Waals surface area contributed by atoms with Gasteiger partial charge in [-0.1, -0.05) is 5.16 Å². The summed E-state index contributed by atoms with van der Waals surface area (Å²) in [5.41, 5.74) is 1.48. The van der Waals surface area contributed by atoms with Gasteiger partial charge in [-0.2, -0.15) is 4.98 Å². The summed E-state index contributed by atoms with van der Waals surface area (Å²) in [6, 6.07) is 3.32. The number of nitrogens with zero attached hydrogens (tertiary/aromatic N) is 3. The first-order valence-electron chi connectivity index (χ1n) is 5.26. The van der Waals surface area contributed by atoms with Gasteiger partial charge in [0.2, 0.25) is 5.82 Å². The molecule has 3 aromatic rings. The number of aromatic nitrogens is 3. The summed E-state index contributed by atoms with van der Waals surface area (Å²) in [4.78, 5) is 8.05. The van der Waals surface area contributed by atoms with E-state index in [0.29, 0.717) is 17.1 Å². The van der Waals surface area contributed by atoms with Crippen LogP contribution in [0.3, 0.4) is 0 Å². The highest BCUT2D eigenvalue weighted by atomic mass is 16.5. The number of aromatic hydroxyl groups is 1. The molecule has 3 heterocycles. The first kappa shape index (κ1) is 10.5. The molecule has 0 saturated heterocycles. The zero-order chi connectivity index (χ0) is 12.5. The van der Waals surface area contributed by atoms with Gasteiger partial charge in [0.15, 0.2) is 5.76 Å². The molecule has 6 heteroatoms. The van der Waals surface area contributed by atoms with Crippen LogP contribution in [0.15, 0.2) is 39.7 Å². The number of hydrogen-bond donors (Lipinski definition) is 1. The maximum Gasteiger partial charge on any atom is 0.260 e. The summed E-state index contributed by atoms with van der Waals surface area (Å²) in [7, 11) is 0. The standard InChI is InChI=1S/C12H9N3O3/c1-7-2-3-17-10(7)11-14-12(18-15-11)8-4-9(16)6-13-5-8/h2-6,16H,1H3. The first-order valence-corrected chi connectivity index (χ1v) is 5.26. The Kier molecular flexibility index (Phi) is 2.33. The van der Waals surface area contributed by atoms with Crippen molar-refractivity contribution < 1.29 is 14.0 Å². The zero-order valence-electron chi connectivity index (χ0n) is 9.49. The lowest BCUT2D eigenvalue weighted by atomic mass is 10.2. The fourth-order valence-electron chi connectivity index (χ4n) is 1.58. The number of rotatable bonds is 2. The summed E-state index contributed by atoms with van der Waals surface area (Å²) < 4.78 is 10.4. The molecule has 0 fully saturated rings. The minimum Gasteiger partial charge on any atom is -0.506 e. The monoisotopic (exact) mass is 243 g/mol. The molecule has 90 valence electrons. The smallest absolute Gasteiger partial charge is 0.260 e. The number of hydrogen-bond acceptors (Lipinski definition) is 6. The Balaban J connectivity index is 2.02. The lowest BCUT2D eigenvalue weighted by molar-refractivity contribution is 0.428. The van der Waals surface area contributed by atoms with Crippen LogP contribution in [0.1, 0.15) is 5.56 Å². The summed E-state index contributed by atoms with van der Waals surface area (Å²) in [5.74, 6) is 1.26. The lowest BCUT2D eigenvalue weighted by Crippen LogP contribution is -1.82. The number of aryl methyl sites for hydroxylation is 1. The van der Waals surface area contributed by atoms with E-state index in [9.17, 15) is 5.11 Å². The van der Waals surface area contributed by atoms with Gasteiger partial charge in [0.25, 0.3) is 5.89 Å². The molecular weight excluding hydrogens is 234 g/mol. The van der Waals surface area contributed by atoms with Gasteiger partial charge in [0, 0.05) is 6.20 Å². The third kappa shape index (κ3) is 1.73. The Labute approximate surface area is 102 Å². The van der Waals surface area contributed by atoms with Gasteiger partial charge in [-0.3, -0.25) is 4.98 Å². The van der Waals surface area contributed by atoms with Crippen molar-refractivity contribution in [1.82, 2.24) is 15.1 Å². The molecule has 0 aliphatic rings. The van der Waals surface area contributed by atoms with Crippen LogP contribution in [-0.2, 0) is 0 Å². The predicted octanol–water partition coefficient (Wildman–Crippen LogP) is 2.41. The topological polar surface area (TPSA) is 85.2 Å². The van der Waals surface area contributed by atoms with Crippen LogP contribution in [0.2, 0.25) is 0 Å². The Morgan fingerprint density at radius 2 is 2.17 bits per heavy atom. The van der Waals surface area contributed by atoms with Gasteiger partial charge in [-0.25, -0.2) is 0 Å². The third-order valence-electron chi connectivity index (χ3n) is 2.46. The van der Waals surface area contributed by atoms with E-state index in [1.165, 1.54) is 18.5 Å². The van der Waals surface area contributed by atoms with Crippen LogP contribution in [-0.4, -0.2) is 20.2 Å². The fourth-order valence-corrected chi connectivity index (χ4v) is 1.58. The van der Waals surface area contributed by atoms with Crippen molar-refractivity contribution in [2.24, 2.45) is 0 Å². The van der Waals surface area contributed by atoms with E-state index in [0.717, 1.165) is 5.56 Å². The third-order valence-corrected chi connectivity index (χ3v) is 2.46. The van der Waals surface area contributed by atoms with E-state index >= 15 is 0 Å². The molecule has 0 spiro atoms. The Hall–Kier alpha value is -2.63. The quantitative estimate of drug-likeness (QED) is 0.743. The van der Waals surface area contributed by atoms with Crippen LogP contribution >= 0.6 is 0 Å². The molecule has 0 amide bonds. The molecule has 0 aliphatic heterocycles. The minimum absolute atomic E-state index is 0.0430. The summed E-state index contributed by atoms with van der Waals surface area (Å²) in [6.07, 6.45) is 4.43. The number of pyridine rings is 1. The highest BCUT2D eigenvalue weighted by Crippen LogP contribution is 2.25. The highest BCUT2D eigenvalue weighted by Gasteiger charge is 2.15. The van der Waals surface area contributed by atoms with E-state index in [-0.39, 0.29) is 11.6 Å². The van der Waals surface area contributed by atoms with Gasteiger partial charge in [-0.05, 0) is 24.6 Å². The van der Waals surface area contributed by atoms with E-state index in [2.05, 4.69) is 15.1 Å². The normalized spacial score (nSPS) is 10.7. The Bertz CT molecular complexity index is 687. The molecular formula is C12H9N3O3. The maximum absolute atomic E-state index is 9.34. The van der Waals surface area contributed by atoms with Gasteiger partial charge in [-0.15, -0.1) is 0 Å². The van der Waals surface area contributed by atoms with Crippen molar-refractivity contribution >= 4 is 0 Å². The largest absolute Gasteiger partial charge is 0.506 e. The zero-order valence-corrected chi connectivity index (χ0v) is 9.49. The molecule has 0 atom stereocenters. The maximum atomic E-state index is 9.34. The van der Waals surface area contributed by atoms with Gasteiger partial charge < -0.3 is 14.0 Å². The molecule has 6 nitrogen and oxygen atoms in total. The average Bonchev–Trinajstić information content (AvgIpc) is 2.97. The lowest BCUT2D eigenvalue weighted by Gasteiger charge is -1.93. The van der Waals surface area contributed by atoms with Crippen molar-refractivity contribution in [3.8, 4) is 28.8 Å². The fraction of sp³-hybridized carbons (Fsp3) is 0.0833. The first-order chi connectivity index (χ1) is 8.74. The van der Waals surface area contributed by atoms with Crippen LogP contribution in [0.4, 0.5) is 0 Å². The molecule has 1 N–H and O–H groups in total. The van der Waals surface area contributed by atoms with Crippen molar-refractivity contribution in [3.05, 3.63) is 36.4 Å². The van der Waals surface area contributed by atoms with E-state index in [4.69, 9.17) is 8.94 Å². The van der Waals surface area contributed by atoms with Gasteiger partial charge >= 0.3 is 0 Å². The van der Waals surface area contributed by atoms with Crippen molar-refractivity contribution in [2.45, 2.75) is 6.92 Å². The SMILES string of the molecule is Cc1ccoc1-c1noc(-c2cncc(O)c2)n1. The van der Waals surface area contributed by atoms with Crippen molar-refractivity contribution in [1.29, 1.82) is 0 Å². The molecule has 18 heavy (non-hydrogen) atoms. The molecule has 3 rings (SSSR count). The second-order valence-corrected chi connectivity index (χ2v) is 3.79. The average molecular weight is 243 g/mol. The van der Waals surface area contributed by atoms with Crippen LogP contribution in [0, 0.1) is 6.92 Å². The molecule has 0 bridgehead atoms. The molecule has 0 aromatic carbocycles. The Morgan fingerprint density at radius 1 is 1.28 bits per heavy atom. The summed E-state index contributed by atoms with van der Waals surface area (Å²) in [6.45, 7) is 1.89. The predicted molar refractivity (Wildman–Crippen MR) is 61.6 cm³/mol. The summed E-state index contributed by atoms with van der Waals surface area (Å²) in [5, 5.41) is 13.2. The van der Waals surface area contributed by atoms with Gasteiger partial charge in [0.1, 0.15) is 5.75 Å². The van der Waals surface area contributed by atoms with Gasteiger partial charge in [0.05, 0.1) is 18.0 Å². The summed E-state index contributed by atoms with van der Waals surface area (Å²) >= 11 is 0. The molecule has 3 aromatic heterocycles. The molecule has 0 aliphatic carbocycles. The second kappa shape index (κ2) is 3.99. The van der Waals surface area contributed by atoms with Crippen molar-refractivity contribution in [2.75, 3.05) is 0 Å². The molecule has 0 radical (unpaired) electrons. The molecule has 0 saturated carbocycles. The second-order valence-electron chi connectivity index (χ2n) is 3.79. The van der Waals surface area contributed by atoms with E-state index < -0.39 is 0 Å². The van der Waals surface area contributed by atoms with Crippen LogP contribution < -0.4 is 0 Å². The highest BCUT2D eigenvalue weighted by molar-refractivity contribution is 5.58.